The summed E-state index contributed by atoms with van der Waals surface area (Å²) in [7, 11) is 0. The number of para-hydroxylation sites is 2. The molecule has 0 bridgehead atoms. The molecule has 1 aliphatic rings. The minimum atomic E-state index is -0.547. The van der Waals surface area contributed by atoms with Crippen LogP contribution in [0.1, 0.15) is 16.7 Å². The number of fused-ring (bicyclic) bond motifs is 1. The minimum absolute atomic E-state index is 0.0249. The Bertz CT molecular complexity index is 1620. The third-order valence-electron chi connectivity index (χ3n) is 6.15. The van der Waals surface area contributed by atoms with Crippen molar-refractivity contribution in [3.05, 3.63) is 111 Å². The van der Waals surface area contributed by atoms with E-state index in [0.717, 1.165) is 33.1 Å². The van der Waals surface area contributed by atoms with Crippen LogP contribution in [0, 0.1) is 17.0 Å². The van der Waals surface area contributed by atoms with Gasteiger partial charge in [-0.3, -0.25) is 29.4 Å². The van der Waals surface area contributed by atoms with E-state index in [4.69, 9.17) is 0 Å². The molecule has 0 radical (unpaired) electrons. The highest BCUT2D eigenvalue weighted by molar-refractivity contribution is 8.18. The summed E-state index contributed by atoms with van der Waals surface area (Å²) in [5.74, 6) is -1.02. The molecule has 9 nitrogen and oxygen atoms in total. The molecule has 0 unspecified atom stereocenters. The van der Waals surface area contributed by atoms with Crippen LogP contribution in [-0.4, -0.2) is 38.0 Å². The molecule has 3 aromatic carbocycles. The Balaban J connectivity index is 1.39. The quantitative estimate of drug-likeness (QED) is 0.191. The third-order valence-corrected chi connectivity index (χ3v) is 7.05. The molecule has 4 aromatic rings. The maximum atomic E-state index is 13.1. The first kappa shape index (κ1) is 25.0. The van der Waals surface area contributed by atoms with Gasteiger partial charge in [-0.05, 0) is 43.0 Å². The van der Waals surface area contributed by atoms with Gasteiger partial charge in [-0.15, -0.1) is 0 Å². The maximum Gasteiger partial charge on any atom is 0.294 e. The van der Waals surface area contributed by atoms with E-state index in [1.807, 2.05) is 47.9 Å². The number of nitro groups is 1. The van der Waals surface area contributed by atoms with E-state index in [-0.39, 0.29) is 17.1 Å². The number of thioether (sulfide) groups is 1. The number of hydrogen-bond donors (Lipinski definition) is 1. The zero-order valence-electron chi connectivity index (χ0n) is 20.3. The number of nitrogens with zero attached hydrogens (tertiary/aromatic N) is 3. The van der Waals surface area contributed by atoms with Gasteiger partial charge in [-0.2, -0.15) is 0 Å². The minimum Gasteiger partial charge on any atom is -0.342 e. The molecule has 1 fully saturated rings. The lowest BCUT2D eigenvalue weighted by Gasteiger charge is -2.12. The van der Waals surface area contributed by atoms with Crippen LogP contribution in [0.5, 0.6) is 0 Å². The SMILES string of the molecule is Cc1ccc(NC(=O)CN2C(=O)S/C(=C\c3cn(Cc4ccccc4[N+](=O)[O-])c4ccccc34)C2=O)cc1. The molecule has 1 aliphatic heterocycles. The van der Waals surface area contributed by atoms with Crippen LogP contribution in [-0.2, 0) is 16.1 Å². The lowest BCUT2D eigenvalue weighted by Crippen LogP contribution is -2.36. The number of nitro benzene ring substituents is 1. The van der Waals surface area contributed by atoms with Crippen LogP contribution in [0.15, 0.2) is 83.9 Å². The Hall–Kier alpha value is -4.70. The largest absolute Gasteiger partial charge is 0.342 e. The van der Waals surface area contributed by atoms with Gasteiger partial charge in [0.2, 0.25) is 5.91 Å². The van der Waals surface area contributed by atoms with E-state index >= 15 is 0 Å². The average Bonchev–Trinajstić information content (AvgIpc) is 3.37. The van der Waals surface area contributed by atoms with Crippen molar-refractivity contribution in [2.24, 2.45) is 0 Å². The van der Waals surface area contributed by atoms with Crippen molar-refractivity contribution in [2.75, 3.05) is 11.9 Å². The monoisotopic (exact) mass is 526 g/mol. The van der Waals surface area contributed by atoms with Crippen molar-refractivity contribution in [3.8, 4) is 0 Å². The number of hydrogen-bond acceptors (Lipinski definition) is 6. The van der Waals surface area contributed by atoms with Crippen molar-refractivity contribution in [1.29, 1.82) is 0 Å². The highest BCUT2D eigenvalue weighted by Gasteiger charge is 2.36. The predicted octanol–water partition coefficient (Wildman–Crippen LogP) is 5.58. The van der Waals surface area contributed by atoms with Crippen molar-refractivity contribution in [1.82, 2.24) is 9.47 Å². The second kappa shape index (κ2) is 10.3. The molecule has 1 saturated heterocycles. The Morgan fingerprint density at radius 3 is 2.50 bits per heavy atom. The van der Waals surface area contributed by atoms with Crippen molar-refractivity contribution >= 4 is 57.2 Å². The van der Waals surface area contributed by atoms with Gasteiger partial charge in [0, 0.05) is 40.0 Å². The Morgan fingerprint density at radius 2 is 1.74 bits per heavy atom. The standard InChI is InChI=1S/C28H22N4O5S/c1-18-10-12-21(13-11-18)29-26(33)17-31-27(34)25(38-28(31)35)14-20-16-30(24-9-5-3-7-22(20)24)15-19-6-2-4-8-23(19)32(36)37/h2-14,16H,15,17H2,1H3,(H,29,33)/b25-14-. The van der Waals surface area contributed by atoms with E-state index < -0.39 is 28.5 Å². The number of imide groups is 1. The average molecular weight is 527 g/mol. The summed E-state index contributed by atoms with van der Waals surface area (Å²) in [6.07, 6.45) is 3.43. The third kappa shape index (κ3) is 5.07. The molecule has 0 saturated carbocycles. The zero-order valence-corrected chi connectivity index (χ0v) is 21.1. The number of carbonyl (C=O) groups is 3. The summed E-state index contributed by atoms with van der Waals surface area (Å²) < 4.78 is 1.88. The number of carbonyl (C=O) groups excluding carboxylic acids is 3. The summed E-state index contributed by atoms with van der Waals surface area (Å²) in [6.45, 7) is 1.79. The van der Waals surface area contributed by atoms with Crippen molar-refractivity contribution in [2.45, 2.75) is 13.5 Å². The normalized spacial score (nSPS) is 14.4. The van der Waals surface area contributed by atoms with Gasteiger partial charge < -0.3 is 9.88 Å². The zero-order chi connectivity index (χ0) is 26.8. The molecule has 5 rings (SSSR count). The van der Waals surface area contributed by atoms with Gasteiger partial charge in [0.25, 0.3) is 16.8 Å². The van der Waals surface area contributed by atoms with Gasteiger partial charge in [0.05, 0.1) is 16.4 Å². The molecule has 1 N–H and O–H groups in total. The Kier molecular flexibility index (Phi) is 6.80. The lowest BCUT2D eigenvalue weighted by molar-refractivity contribution is -0.385. The first-order chi connectivity index (χ1) is 18.3. The molecular weight excluding hydrogens is 504 g/mol. The van der Waals surface area contributed by atoms with Crippen LogP contribution in [0.4, 0.5) is 16.2 Å². The second-order valence-electron chi connectivity index (χ2n) is 8.80. The van der Waals surface area contributed by atoms with E-state index in [2.05, 4.69) is 5.32 Å². The Labute approximate surface area is 221 Å². The number of nitrogens with one attached hydrogen (secondary N) is 1. The highest BCUT2D eigenvalue weighted by Crippen LogP contribution is 2.34. The van der Waals surface area contributed by atoms with Crippen LogP contribution in [0.25, 0.3) is 17.0 Å². The lowest BCUT2D eigenvalue weighted by atomic mass is 10.1. The summed E-state index contributed by atoms with van der Waals surface area (Å²) in [4.78, 5) is 50.4. The number of anilines is 1. The fourth-order valence-corrected chi connectivity index (χ4v) is 5.11. The topological polar surface area (TPSA) is 115 Å². The summed E-state index contributed by atoms with van der Waals surface area (Å²) in [6, 6.07) is 21.2. The van der Waals surface area contributed by atoms with Gasteiger partial charge in [0.15, 0.2) is 0 Å². The van der Waals surface area contributed by atoms with E-state index in [1.165, 1.54) is 6.07 Å². The molecule has 38 heavy (non-hydrogen) atoms. The highest BCUT2D eigenvalue weighted by atomic mass is 32.2. The summed E-state index contributed by atoms with van der Waals surface area (Å²) in [5.41, 5.74) is 3.71. The molecule has 0 aliphatic carbocycles. The van der Waals surface area contributed by atoms with Crippen LogP contribution >= 0.6 is 11.8 Å². The van der Waals surface area contributed by atoms with Crippen LogP contribution in [0.3, 0.4) is 0 Å². The molecule has 0 atom stereocenters. The molecule has 190 valence electrons. The van der Waals surface area contributed by atoms with Gasteiger partial charge in [-0.1, -0.05) is 54.1 Å². The Morgan fingerprint density at radius 1 is 1.03 bits per heavy atom. The second-order valence-corrected chi connectivity index (χ2v) is 9.79. The van der Waals surface area contributed by atoms with Crippen LogP contribution in [0.2, 0.25) is 0 Å². The molecule has 2 heterocycles. The fraction of sp³-hybridized carbons (Fsp3) is 0.107. The number of amides is 3. The number of rotatable bonds is 7. The van der Waals surface area contributed by atoms with Gasteiger partial charge in [-0.25, -0.2) is 0 Å². The van der Waals surface area contributed by atoms with Crippen LogP contribution < -0.4 is 5.32 Å². The molecule has 0 spiro atoms. The van der Waals surface area contributed by atoms with Gasteiger partial charge in [0.1, 0.15) is 6.54 Å². The first-order valence-electron chi connectivity index (χ1n) is 11.7. The molecule has 3 amide bonds. The fourth-order valence-electron chi connectivity index (χ4n) is 4.29. The molecular formula is C28H22N4O5S. The smallest absolute Gasteiger partial charge is 0.294 e. The molecule has 1 aromatic heterocycles. The van der Waals surface area contributed by atoms with E-state index in [0.29, 0.717) is 16.8 Å². The first-order valence-corrected chi connectivity index (χ1v) is 12.5. The van der Waals surface area contributed by atoms with E-state index in [1.54, 1.807) is 42.6 Å². The number of benzene rings is 3. The van der Waals surface area contributed by atoms with Crippen molar-refractivity contribution < 1.29 is 19.3 Å². The maximum absolute atomic E-state index is 13.1. The predicted molar refractivity (Wildman–Crippen MR) is 147 cm³/mol. The summed E-state index contributed by atoms with van der Waals surface area (Å²) >= 11 is 0.775. The van der Waals surface area contributed by atoms with Gasteiger partial charge >= 0.3 is 0 Å². The summed E-state index contributed by atoms with van der Waals surface area (Å²) in [5, 5.41) is 14.5. The molecule has 10 heteroatoms. The number of aryl methyl sites for hydroxylation is 1. The van der Waals surface area contributed by atoms with Crippen molar-refractivity contribution in [3.63, 3.8) is 0 Å². The number of aromatic nitrogens is 1. The van der Waals surface area contributed by atoms with E-state index in [9.17, 15) is 24.5 Å².